The zero-order valence-corrected chi connectivity index (χ0v) is 13.9. The average molecular weight is 335 g/mol. The van der Waals surface area contributed by atoms with E-state index >= 15 is 0 Å². The van der Waals surface area contributed by atoms with Crippen LogP contribution in [-0.4, -0.2) is 29.0 Å². The first kappa shape index (κ1) is 16.4. The molecule has 6 heteroatoms. The number of carbonyl (C=O) groups is 2. The Hall–Kier alpha value is -3.41. The maximum Gasteiger partial charge on any atom is 0.273 e. The van der Waals surface area contributed by atoms with Crippen LogP contribution in [0.3, 0.4) is 0 Å². The van der Waals surface area contributed by atoms with Gasteiger partial charge in [-0.15, -0.1) is 0 Å². The molecule has 2 N–H and O–H groups in total. The second kappa shape index (κ2) is 7.00. The van der Waals surface area contributed by atoms with E-state index < -0.39 is 0 Å². The maximum atomic E-state index is 12.4. The number of aromatic amines is 1. The van der Waals surface area contributed by atoms with Gasteiger partial charge >= 0.3 is 0 Å². The van der Waals surface area contributed by atoms with Crippen molar-refractivity contribution < 1.29 is 14.3 Å². The van der Waals surface area contributed by atoms with Crippen LogP contribution in [0.2, 0.25) is 0 Å². The maximum absolute atomic E-state index is 12.4. The Balaban J connectivity index is 1.78. The predicted molar refractivity (Wildman–Crippen MR) is 95.0 cm³/mol. The molecule has 126 valence electrons. The summed E-state index contributed by atoms with van der Waals surface area (Å²) in [4.78, 5) is 23.8. The average Bonchev–Trinajstić information content (AvgIpc) is 3.12. The van der Waals surface area contributed by atoms with E-state index in [1.165, 1.54) is 6.92 Å². The smallest absolute Gasteiger partial charge is 0.273 e. The summed E-state index contributed by atoms with van der Waals surface area (Å²) in [5.74, 6) is 0.327. The molecule has 6 nitrogen and oxygen atoms in total. The van der Waals surface area contributed by atoms with Crippen molar-refractivity contribution in [2.75, 3.05) is 12.4 Å². The Bertz CT molecular complexity index is 931. The van der Waals surface area contributed by atoms with Gasteiger partial charge in [0.2, 0.25) is 0 Å². The quantitative estimate of drug-likeness (QED) is 0.699. The summed E-state index contributed by atoms with van der Waals surface area (Å²) in [6.45, 7) is 1.48. The number of hydrogen-bond acceptors (Lipinski definition) is 4. The third-order valence-electron chi connectivity index (χ3n) is 3.71. The number of benzene rings is 2. The molecular formula is C19H17N3O3. The molecule has 0 bridgehead atoms. The lowest BCUT2D eigenvalue weighted by Gasteiger charge is -2.04. The van der Waals surface area contributed by atoms with Crippen LogP contribution in [0.25, 0.3) is 11.3 Å². The van der Waals surface area contributed by atoms with Gasteiger partial charge in [-0.3, -0.25) is 14.7 Å². The van der Waals surface area contributed by atoms with Crippen molar-refractivity contribution in [1.29, 1.82) is 0 Å². The topological polar surface area (TPSA) is 84.1 Å². The molecule has 25 heavy (non-hydrogen) atoms. The van der Waals surface area contributed by atoms with E-state index in [-0.39, 0.29) is 11.7 Å². The second-order valence-electron chi connectivity index (χ2n) is 5.49. The zero-order chi connectivity index (χ0) is 17.8. The van der Waals surface area contributed by atoms with E-state index in [1.54, 1.807) is 37.4 Å². The highest BCUT2D eigenvalue weighted by Crippen LogP contribution is 2.23. The van der Waals surface area contributed by atoms with Gasteiger partial charge in [0.1, 0.15) is 11.4 Å². The van der Waals surface area contributed by atoms with Crippen LogP contribution in [0.15, 0.2) is 54.6 Å². The molecule has 3 rings (SSSR count). The predicted octanol–water partition coefficient (Wildman–Crippen LogP) is 3.54. The minimum Gasteiger partial charge on any atom is -0.497 e. The van der Waals surface area contributed by atoms with E-state index in [4.69, 9.17) is 4.74 Å². The summed E-state index contributed by atoms with van der Waals surface area (Å²) in [6, 6.07) is 15.9. The molecule has 1 amide bonds. The Labute approximate surface area is 144 Å². The summed E-state index contributed by atoms with van der Waals surface area (Å²) < 4.78 is 5.20. The summed E-state index contributed by atoms with van der Waals surface area (Å²) in [6.07, 6.45) is 0. The number of rotatable bonds is 5. The van der Waals surface area contributed by atoms with Gasteiger partial charge in [0.05, 0.1) is 12.8 Å². The van der Waals surface area contributed by atoms with Gasteiger partial charge < -0.3 is 10.1 Å². The van der Waals surface area contributed by atoms with Crippen molar-refractivity contribution in [2.45, 2.75) is 6.92 Å². The monoisotopic (exact) mass is 335 g/mol. The molecule has 0 spiro atoms. The normalized spacial score (nSPS) is 10.3. The van der Waals surface area contributed by atoms with Crippen LogP contribution in [0.4, 0.5) is 5.69 Å². The second-order valence-corrected chi connectivity index (χ2v) is 5.49. The van der Waals surface area contributed by atoms with Crippen LogP contribution in [-0.2, 0) is 0 Å². The summed E-state index contributed by atoms with van der Waals surface area (Å²) in [5, 5.41) is 9.66. The fraction of sp³-hybridized carbons (Fsp3) is 0.105. The van der Waals surface area contributed by atoms with E-state index in [0.29, 0.717) is 28.4 Å². The number of hydrogen-bond donors (Lipinski definition) is 2. The van der Waals surface area contributed by atoms with Gasteiger partial charge in [-0.05, 0) is 37.3 Å². The number of amides is 1. The Kier molecular flexibility index (Phi) is 4.61. The molecule has 1 heterocycles. The van der Waals surface area contributed by atoms with Gasteiger partial charge in [-0.25, -0.2) is 0 Å². The molecule has 0 aliphatic carbocycles. The van der Waals surface area contributed by atoms with Gasteiger partial charge in [-0.1, -0.05) is 24.3 Å². The van der Waals surface area contributed by atoms with Crippen molar-refractivity contribution in [3.05, 3.63) is 65.9 Å². The van der Waals surface area contributed by atoms with Gasteiger partial charge in [-0.2, -0.15) is 5.10 Å². The van der Waals surface area contributed by atoms with Gasteiger partial charge in [0.25, 0.3) is 5.91 Å². The lowest BCUT2D eigenvalue weighted by molar-refractivity contribution is 0.100. The molecule has 0 radical (unpaired) electrons. The molecule has 0 aliphatic heterocycles. The summed E-state index contributed by atoms with van der Waals surface area (Å²) in [7, 11) is 1.59. The number of nitrogens with zero attached hydrogens (tertiary/aromatic N) is 1. The number of H-pyrrole nitrogens is 1. The van der Waals surface area contributed by atoms with E-state index in [2.05, 4.69) is 15.5 Å². The van der Waals surface area contributed by atoms with Crippen molar-refractivity contribution in [3.8, 4) is 17.0 Å². The minimum atomic E-state index is -0.331. The standard InChI is InChI=1S/C19H17N3O3/c1-12(23)13-5-3-7-15(9-13)20-19(24)18-11-17(21-22-18)14-6-4-8-16(10-14)25-2/h3-11H,1-2H3,(H,20,24)(H,21,22). The lowest BCUT2D eigenvalue weighted by atomic mass is 10.1. The number of methoxy groups -OCH3 is 1. The molecule has 0 aliphatic rings. The molecule has 3 aromatic rings. The van der Waals surface area contributed by atoms with Crippen LogP contribution in [0, 0.1) is 0 Å². The molecule has 1 aromatic heterocycles. The highest BCUT2D eigenvalue weighted by Gasteiger charge is 2.12. The number of carbonyl (C=O) groups excluding carboxylic acids is 2. The zero-order valence-electron chi connectivity index (χ0n) is 13.9. The number of nitrogens with one attached hydrogen (secondary N) is 2. The molecule has 0 unspecified atom stereocenters. The third-order valence-corrected chi connectivity index (χ3v) is 3.71. The highest BCUT2D eigenvalue weighted by atomic mass is 16.5. The number of ketones is 1. The van der Waals surface area contributed by atoms with Crippen LogP contribution >= 0.6 is 0 Å². The first-order valence-corrected chi connectivity index (χ1v) is 7.69. The summed E-state index contributed by atoms with van der Waals surface area (Å²) in [5.41, 5.74) is 2.90. The largest absolute Gasteiger partial charge is 0.497 e. The third kappa shape index (κ3) is 3.74. The SMILES string of the molecule is COc1cccc(-c2cc(C(=O)Nc3cccc(C(C)=O)c3)[nH]n2)c1. The van der Waals surface area contributed by atoms with Crippen molar-refractivity contribution in [2.24, 2.45) is 0 Å². The number of ether oxygens (including phenoxy) is 1. The van der Waals surface area contributed by atoms with E-state index in [0.717, 1.165) is 5.56 Å². The number of aromatic nitrogens is 2. The Morgan fingerprint density at radius 1 is 1.08 bits per heavy atom. The molecule has 0 saturated heterocycles. The first-order chi connectivity index (χ1) is 12.1. The van der Waals surface area contributed by atoms with Crippen molar-refractivity contribution >= 4 is 17.4 Å². The van der Waals surface area contributed by atoms with E-state index in [9.17, 15) is 9.59 Å². The van der Waals surface area contributed by atoms with Gasteiger partial charge in [0, 0.05) is 16.8 Å². The first-order valence-electron chi connectivity index (χ1n) is 7.69. The minimum absolute atomic E-state index is 0.0575. The van der Waals surface area contributed by atoms with Crippen molar-refractivity contribution in [3.63, 3.8) is 0 Å². The van der Waals surface area contributed by atoms with E-state index in [1.807, 2.05) is 24.3 Å². The van der Waals surface area contributed by atoms with Crippen LogP contribution < -0.4 is 10.1 Å². The Morgan fingerprint density at radius 3 is 2.64 bits per heavy atom. The number of anilines is 1. The number of Topliss-reactive ketones (excluding diaryl/α,β-unsaturated/α-hetero) is 1. The van der Waals surface area contributed by atoms with Crippen LogP contribution in [0.1, 0.15) is 27.8 Å². The highest BCUT2D eigenvalue weighted by molar-refractivity contribution is 6.04. The molecule has 0 atom stereocenters. The molecular weight excluding hydrogens is 318 g/mol. The molecule has 0 saturated carbocycles. The van der Waals surface area contributed by atoms with Gasteiger partial charge in [0.15, 0.2) is 5.78 Å². The van der Waals surface area contributed by atoms with Crippen molar-refractivity contribution in [1.82, 2.24) is 10.2 Å². The molecule has 2 aromatic carbocycles. The van der Waals surface area contributed by atoms with Crippen LogP contribution in [0.5, 0.6) is 5.75 Å². The fourth-order valence-corrected chi connectivity index (χ4v) is 2.38. The fourth-order valence-electron chi connectivity index (χ4n) is 2.38. The Morgan fingerprint density at radius 2 is 1.88 bits per heavy atom. The lowest BCUT2D eigenvalue weighted by Crippen LogP contribution is -2.12. The molecule has 0 fully saturated rings. The summed E-state index contributed by atoms with van der Waals surface area (Å²) >= 11 is 0.